The number of thiophene rings is 1. The number of carbonyl (C=O) groups is 1. The van der Waals surface area contributed by atoms with Gasteiger partial charge in [-0.1, -0.05) is 24.3 Å². The van der Waals surface area contributed by atoms with Crippen LogP contribution in [0.25, 0.3) is 5.69 Å². The van der Waals surface area contributed by atoms with Crippen molar-refractivity contribution in [1.82, 2.24) is 15.1 Å². The molecule has 1 amide bonds. The smallest absolute Gasteiger partial charge is 0.261 e. The molecule has 1 N–H and O–H groups in total. The van der Waals surface area contributed by atoms with E-state index >= 15 is 0 Å². The first-order valence-electron chi connectivity index (χ1n) is 6.73. The van der Waals surface area contributed by atoms with E-state index in [-0.39, 0.29) is 5.91 Å². The molecule has 0 fully saturated rings. The molecule has 106 valence electrons. The van der Waals surface area contributed by atoms with Crippen LogP contribution in [0.1, 0.15) is 15.2 Å². The second-order valence-corrected chi connectivity index (χ2v) is 5.56. The molecular weight excluding hydrogens is 282 g/mol. The molecule has 21 heavy (non-hydrogen) atoms. The molecule has 2 heterocycles. The number of rotatable bonds is 5. The summed E-state index contributed by atoms with van der Waals surface area (Å²) in [6.45, 7) is 0.608. The summed E-state index contributed by atoms with van der Waals surface area (Å²) in [5.41, 5.74) is 2.14. The van der Waals surface area contributed by atoms with Crippen molar-refractivity contribution in [3.8, 4) is 5.69 Å². The summed E-state index contributed by atoms with van der Waals surface area (Å²) in [5, 5.41) is 9.16. The van der Waals surface area contributed by atoms with E-state index in [0.29, 0.717) is 6.54 Å². The number of nitrogens with one attached hydrogen (secondary N) is 1. The zero-order chi connectivity index (χ0) is 14.5. The Kier molecular flexibility index (Phi) is 4.12. The Morgan fingerprint density at radius 1 is 1.19 bits per heavy atom. The minimum Gasteiger partial charge on any atom is -0.351 e. The van der Waals surface area contributed by atoms with Gasteiger partial charge in [0.15, 0.2) is 0 Å². The summed E-state index contributed by atoms with van der Waals surface area (Å²) < 4.78 is 1.84. The van der Waals surface area contributed by atoms with Crippen molar-refractivity contribution < 1.29 is 4.79 Å². The maximum atomic E-state index is 11.8. The van der Waals surface area contributed by atoms with Gasteiger partial charge < -0.3 is 5.32 Å². The third-order valence-electron chi connectivity index (χ3n) is 3.10. The van der Waals surface area contributed by atoms with E-state index in [1.807, 2.05) is 64.9 Å². The fourth-order valence-corrected chi connectivity index (χ4v) is 2.67. The molecule has 0 aliphatic heterocycles. The molecule has 0 aliphatic rings. The molecule has 0 aliphatic carbocycles. The second-order valence-electron chi connectivity index (χ2n) is 4.61. The minimum absolute atomic E-state index is 0.0135. The van der Waals surface area contributed by atoms with Crippen molar-refractivity contribution in [1.29, 1.82) is 0 Å². The molecular formula is C16H15N3OS. The summed E-state index contributed by atoms with van der Waals surface area (Å²) in [7, 11) is 0. The SMILES string of the molecule is O=C(NCCc1cnn(-c2ccccc2)c1)c1cccs1. The van der Waals surface area contributed by atoms with Crippen molar-refractivity contribution in [2.75, 3.05) is 6.54 Å². The van der Waals surface area contributed by atoms with Crippen LogP contribution in [-0.4, -0.2) is 22.2 Å². The summed E-state index contributed by atoms with van der Waals surface area (Å²) in [6, 6.07) is 13.7. The van der Waals surface area contributed by atoms with Gasteiger partial charge in [0.1, 0.15) is 0 Å². The van der Waals surface area contributed by atoms with Gasteiger partial charge in [-0.2, -0.15) is 5.10 Å². The summed E-state index contributed by atoms with van der Waals surface area (Å²) in [6.07, 6.45) is 4.60. The maximum Gasteiger partial charge on any atom is 0.261 e. The summed E-state index contributed by atoms with van der Waals surface area (Å²) >= 11 is 1.45. The van der Waals surface area contributed by atoms with Gasteiger partial charge >= 0.3 is 0 Å². The lowest BCUT2D eigenvalue weighted by Crippen LogP contribution is -2.24. The van der Waals surface area contributed by atoms with Crippen LogP contribution in [0.5, 0.6) is 0 Å². The monoisotopic (exact) mass is 297 g/mol. The van der Waals surface area contributed by atoms with Gasteiger partial charge in [-0.05, 0) is 35.6 Å². The molecule has 2 aromatic heterocycles. The Bertz CT molecular complexity index is 704. The lowest BCUT2D eigenvalue weighted by Gasteiger charge is -2.02. The lowest BCUT2D eigenvalue weighted by atomic mass is 10.2. The molecule has 1 aromatic carbocycles. The number of hydrogen-bond acceptors (Lipinski definition) is 3. The summed E-state index contributed by atoms with van der Waals surface area (Å²) in [5.74, 6) is -0.0135. The first kappa shape index (κ1) is 13.6. The molecule has 0 atom stereocenters. The lowest BCUT2D eigenvalue weighted by molar-refractivity contribution is 0.0958. The summed E-state index contributed by atoms with van der Waals surface area (Å²) in [4.78, 5) is 12.5. The van der Waals surface area contributed by atoms with Gasteiger partial charge in [-0.3, -0.25) is 4.79 Å². The van der Waals surface area contributed by atoms with Gasteiger partial charge in [0.2, 0.25) is 0 Å². The third-order valence-corrected chi connectivity index (χ3v) is 3.97. The van der Waals surface area contributed by atoms with E-state index in [4.69, 9.17) is 0 Å². The van der Waals surface area contributed by atoms with Crippen LogP contribution in [0, 0.1) is 0 Å². The van der Waals surface area contributed by atoms with Crippen molar-refractivity contribution in [2.24, 2.45) is 0 Å². The van der Waals surface area contributed by atoms with E-state index in [1.165, 1.54) is 11.3 Å². The zero-order valence-corrected chi connectivity index (χ0v) is 12.2. The third kappa shape index (κ3) is 3.38. The van der Waals surface area contributed by atoms with Crippen LogP contribution in [-0.2, 0) is 6.42 Å². The first-order valence-corrected chi connectivity index (χ1v) is 7.61. The Balaban J connectivity index is 1.55. The quantitative estimate of drug-likeness (QED) is 0.787. The van der Waals surface area contributed by atoms with Crippen molar-refractivity contribution in [3.05, 3.63) is 70.7 Å². The predicted octanol–water partition coefficient (Wildman–Crippen LogP) is 2.91. The van der Waals surface area contributed by atoms with Gasteiger partial charge in [0.25, 0.3) is 5.91 Å². The fourth-order valence-electron chi connectivity index (χ4n) is 2.03. The molecule has 0 saturated heterocycles. The standard InChI is InChI=1S/C16H15N3OS/c20-16(15-7-4-10-21-15)17-9-8-13-11-18-19(12-13)14-5-2-1-3-6-14/h1-7,10-12H,8-9H2,(H,17,20). The minimum atomic E-state index is -0.0135. The highest BCUT2D eigenvalue weighted by Crippen LogP contribution is 2.09. The van der Waals surface area contributed by atoms with Crippen molar-refractivity contribution in [3.63, 3.8) is 0 Å². The Hall–Kier alpha value is -2.40. The van der Waals surface area contributed by atoms with Crippen molar-refractivity contribution >= 4 is 17.2 Å². The number of para-hydroxylation sites is 1. The van der Waals surface area contributed by atoms with Gasteiger partial charge in [0.05, 0.1) is 16.8 Å². The van der Waals surface area contributed by atoms with E-state index < -0.39 is 0 Å². The molecule has 3 aromatic rings. The average molecular weight is 297 g/mol. The number of nitrogens with zero attached hydrogens (tertiary/aromatic N) is 2. The van der Waals surface area contributed by atoms with Crippen LogP contribution in [0.15, 0.2) is 60.2 Å². The van der Waals surface area contributed by atoms with Crippen LogP contribution in [0.2, 0.25) is 0 Å². The van der Waals surface area contributed by atoms with Crippen molar-refractivity contribution in [2.45, 2.75) is 6.42 Å². The molecule has 0 bridgehead atoms. The molecule has 0 saturated carbocycles. The molecule has 3 rings (SSSR count). The number of carbonyl (C=O) groups excluding carboxylic acids is 1. The second kappa shape index (κ2) is 6.37. The molecule has 0 unspecified atom stereocenters. The van der Waals surface area contributed by atoms with Gasteiger partial charge in [-0.25, -0.2) is 4.68 Å². The van der Waals surface area contributed by atoms with E-state index in [0.717, 1.165) is 22.5 Å². The molecule has 0 radical (unpaired) electrons. The normalized spacial score (nSPS) is 10.5. The predicted molar refractivity (Wildman–Crippen MR) is 83.9 cm³/mol. The number of amides is 1. The highest BCUT2D eigenvalue weighted by molar-refractivity contribution is 7.12. The van der Waals surface area contributed by atoms with E-state index in [1.54, 1.807) is 0 Å². The Labute approximate surface area is 127 Å². The first-order chi connectivity index (χ1) is 10.3. The highest BCUT2D eigenvalue weighted by atomic mass is 32.1. The van der Waals surface area contributed by atoms with Crippen LogP contribution in [0.4, 0.5) is 0 Å². The topological polar surface area (TPSA) is 46.9 Å². The average Bonchev–Trinajstić information content (AvgIpc) is 3.20. The molecule has 0 spiro atoms. The fraction of sp³-hybridized carbons (Fsp3) is 0.125. The largest absolute Gasteiger partial charge is 0.351 e. The van der Waals surface area contributed by atoms with Crippen LogP contribution >= 0.6 is 11.3 Å². The number of benzene rings is 1. The number of hydrogen-bond donors (Lipinski definition) is 1. The van der Waals surface area contributed by atoms with E-state index in [2.05, 4.69) is 10.4 Å². The van der Waals surface area contributed by atoms with Crippen LogP contribution in [0.3, 0.4) is 0 Å². The Morgan fingerprint density at radius 3 is 2.81 bits per heavy atom. The van der Waals surface area contributed by atoms with Gasteiger partial charge in [-0.15, -0.1) is 11.3 Å². The Morgan fingerprint density at radius 2 is 2.05 bits per heavy atom. The van der Waals surface area contributed by atoms with Crippen LogP contribution < -0.4 is 5.32 Å². The molecule has 5 heteroatoms. The van der Waals surface area contributed by atoms with E-state index in [9.17, 15) is 4.79 Å². The zero-order valence-electron chi connectivity index (χ0n) is 11.4. The molecule has 4 nitrogen and oxygen atoms in total. The highest BCUT2D eigenvalue weighted by Gasteiger charge is 2.06. The maximum absolute atomic E-state index is 11.8. The van der Waals surface area contributed by atoms with Gasteiger partial charge in [0, 0.05) is 12.7 Å². The number of aromatic nitrogens is 2.